The van der Waals surface area contributed by atoms with Gasteiger partial charge in [0.1, 0.15) is 6.04 Å². The molecule has 0 aromatic heterocycles. The molecule has 0 heterocycles. The average Bonchev–Trinajstić information content (AvgIpc) is 2.13. The Labute approximate surface area is 91.1 Å². The summed E-state index contributed by atoms with van der Waals surface area (Å²) in [5, 5.41) is 5.37. The van der Waals surface area contributed by atoms with Crippen LogP contribution in [0, 0.1) is 5.92 Å². The second-order valence-electron chi connectivity index (χ2n) is 3.79. The summed E-state index contributed by atoms with van der Waals surface area (Å²) in [7, 11) is 0. The van der Waals surface area contributed by atoms with Crippen molar-refractivity contribution in [1.82, 2.24) is 10.6 Å². The predicted molar refractivity (Wildman–Crippen MR) is 60.3 cm³/mol. The highest BCUT2D eigenvalue weighted by molar-refractivity contribution is 5.86. The van der Waals surface area contributed by atoms with Crippen molar-refractivity contribution in [3.63, 3.8) is 0 Å². The molecule has 0 rings (SSSR count). The SMILES string of the molecule is C=CCCNC(=O)C(NC(C)=O)C(C)C. The Kier molecular flexibility index (Phi) is 6.42. The van der Waals surface area contributed by atoms with Gasteiger partial charge in [-0.25, -0.2) is 0 Å². The maximum absolute atomic E-state index is 11.6. The molecule has 0 saturated heterocycles. The minimum atomic E-state index is -0.452. The van der Waals surface area contributed by atoms with E-state index < -0.39 is 6.04 Å². The van der Waals surface area contributed by atoms with Crippen LogP contribution in [0.1, 0.15) is 27.2 Å². The van der Waals surface area contributed by atoms with Gasteiger partial charge in [-0.05, 0) is 12.3 Å². The molecule has 4 heteroatoms. The first-order valence-electron chi connectivity index (χ1n) is 5.14. The van der Waals surface area contributed by atoms with E-state index in [2.05, 4.69) is 17.2 Å². The van der Waals surface area contributed by atoms with E-state index in [0.29, 0.717) is 6.54 Å². The minimum Gasteiger partial charge on any atom is -0.354 e. The number of hydrogen-bond acceptors (Lipinski definition) is 2. The quantitative estimate of drug-likeness (QED) is 0.506. The number of rotatable bonds is 6. The maximum atomic E-state index is 11.6. The van der Waals surface area contributed by atoms with Gasteiger partial charge < -0.3 is 10.6 Å². The Balaban J connectivity index is 4.16. The first-order chi connectivity index (χ1) is 6.99. The molecule has 15 heavy (non-hydrogen) atoms. The van der Waals surface area contributed by atoms with E-state index in [1.54, 1.807) is 6.08 Å². The van der Waals surface area contributed by atoms with Crippen LogP contribution in [0.5, 0.6) is 0 Å². The zero-order chi connectivity index (χ0) is 11.8. The van der Waals surface area contributed by atoms with Crippen LogP contribution in [0.3, 0.4) is 0 Å². The van der Waals surface area contributed by atoms with Crippen molar-refractivity contribution in [2.24, 2.45) is 5.92 Å². The Morgan fingerprint density at radius 2 is 2.00 bits per heavy atom. The molecule has 0 aromatic carbocycles. The van der Waals surface area contributed by atoms with Crippen molar-refractivity contribution in [3.8, 4) is 0 Å². The van der Waals surface area contributed by atoms with E-state index in [9.17, 15) is 9.59 Å². The molecule has 4 nitrogen and oxygen atoms in total. The highest BCUT2D eigenvalue weighted by atomic mass is 16.2. The number of hydrogen-bond donors (Lipinski definition) is 2. The van der Waals surface area contributed by atoms with Crippen molar-refractivity contribution in [1.29, 1.82) is 0 Å². The van der Waals surface area contributed by atoms with E-state index >= 15 is 0 Å². The molecule has 1 unspecified atom stereocenters. The lowest BCUT2D eigenvalue weighted by Gasteiger charge is -2.20. The standard InChI is InChI=1S/C11H20N2O2/c1-5-6-7-12-11(15)10(8(2)3)13-9(4)14/h5,8,10H,1,6-7H2,2-4H3,(H,12,15)(H,13,14). The smallest absolute Gasteiger partial charge is 0.242 e. The van der Waals surface area contributed by atoms with Gasteiger partial charge in [0.05, 0.1) is 0 Å². The van der Waals surface area contributed by atoms with Crippen LogP contribution in [-0.2, 0) is 9.59 Å². The number of carbonyl (C=O) groups excluding carboxylic acids is 2. The zero-order valence-corrected chi connectivity index (χ0v) is 9.67. The highest BCUT2D eigenvalue weighted by Gasteiger charge is 2.21. The van der Waals surface area contributed by atoms with Gasteiger partial charge in [-0.2, -0.15) is 0 Å². The number of nitrogens with one attached hydrogen (secondary N) is 2. The molecular formula is C11H20N2O2. The van der Waals surface area contributed by atoms with E-state index in [0.717, 1.165) is 6.42 Å². The Hall–Kier alpha value is -1.32. The summed E-state index contributed by atoms with van der Waals surface area (Å²) in [6.07, 6.45) is 2.47. The molecule has 0 aromatic rings. The summed E-state index contributed by atoms with van der Waals surface area (Å²) in [4.78, 5) is 22.5. The fraction of sp³-hybridized carbons (Fsp3) is 0.636. The third-order valence-electron chi connectivity index (χ3n) is 1.96. The molecule has 1 atom stereocenters. The largest absolute Gasteiger partial charge is 0.354 e. The Morgan fingerprint density at radius 3 is 2.40 bits per heavy atom. The Bertz CT molecular complexity index is 237. The lowest BCUT2D eigenvalue weighted by atomic mass is 10.0. The van der Waals surface area contributed by atoms with Crippen LogP contribution in [0.15, 0.2) is 12.7 Å². The molecule has 2 amide bonds. The first-order valence-corrected chi connectivity index (χ1v) is 5.14. The molecule has 0 aliphatic rings. The van der Waals surface area contributed by atoms with Gasteiger partial charge in [-0.3, -0.25) is 9.59 Å². The van der Waals surface area contributed by atoms with Crippen molar-refractivity contribution in [2.75, 3.05) is 6.54 Å². The summed E-state index contributed by atoms with van der Waals surface area (Å²) < 4.78 is 0. The number of amides is 2. The van der Waals surface area contributed by atoms with Crippen molar-refractivity contribution in [3.05, 3.63) is 12.7 Å². The molecule has 2 N–H and O–H groups in total. The second-order valence-corrected chi connectivity index (χ2v) is 3.79. The van der Waals surface area contributed by atoms with E-state index in [-0.39, 0.29) is 17.7 Å². The van der Waals surface area contributed by atoms with Crippen LogP contribution in [0.4, 0.5) is 0 Å². The molecule has 86 valence electrons. The lowest BCUT2D eigenvalue weighted by molar-refractivity contribution is -0.129. The highest BCUT2D eigenvalue weighted by Crippen LogP contribution is 2.01. The summed E-state index contributed by atoms with van der Waals surface area (Å²) in [5.41, 5.74) is 0. The summed E-state index contributed by atoms with van der Waals surface area (Å²) in [5.74, 6) is -0.243. The monoisotopic (exact) mass is 212 g/mol. The van der Waals surface area contributed by atoms with Gasteiger partial charge in [0.15, 0.2) is 0 Å². The maximum Gasteiger partial charge on any atom is 0.242 e. The summed E-state index contributed by atoms with van der Waals surface area (Å²) in [6, 6.07) is -0.452. The first kappa shape index (κ1) is 13.7. The second kappa shape index (κ2) is 7.04. The summed E-state index contributed by atoms with van der Waals surface area (Å²) in [6.45, 7) is 9.33. The van der Waals surface area contributed by atoms with Crippen molar-refractivity contribution < 1.29 is 9.59 Å². The fourth-order valence-corrected chi connectivity index (χ4v) is 1.16. The average molecular weight is 212 g/mol. The van der Waals surface area contributed by atoms with Gasteiger partial charge in [0, 0.05) is 13.5 Å². The summed E-state index contributed by atoms with van der Waals surface area (Å²) >= 11 is 0. The normalized spacial score (nSPS) is 12.0. The molecule has 0 spiro atoms. The van der Waals surface area contributed by atoms with Gasteiger partial charge in [-0.1, -0.05) is 19.9 Å². The predicted octanol–water partition coefficient (Wildman–Crippen LogP) is 0.839. The van der Waals surface area contributed by atoms with Crippen LogP contribution >= 0.6 is 0 Å². The van der Waals surface area contributed by atoms with Crippen LogP contribution in [0.25, 0.3) is 0 Å². The molecular weight excluding hydrogens is 192 g/mol. The van der Waals surface area contributed by atoms with Gasteiger partial charge >= 0.3 is 0 Å². The van der Waals surface area contributed by atoms with Crippen LogP contribution in [0.2, 0.25) is 0 Å². The van der Waals surface area contributed by atoms with Gasteiger partial charge in [0.25, 0.3) is 0 Å². The molecule has 0 aliphatic carbocycles. The topological polar surface area (TPSA) is 58.2 Å². The zero-order valence-electron chi connectivity index (χ0n) is 9.67. The molecule has 0 aliphatic heterocycles. The van der Waals surface area contributed by atoms with Gasteiger partial charge in [-0.15, -0.1) is 6.58 Å². The van der Waals surface area contributed by atoms with Crippen molar-refractivity contribution in [2.45, 2.75) is 33.2 Å². The minimum absolute atomic E-state index is 0.0811. The molecule has 0 radical (unpaired) electrons. The molecule has 0 bridgehead atoms. The van der Waals surface area contributed by atoms with E-state index in [1.807, 2.05) is 13.8 Å². The van der Waals surface area contributed by atoms with Crippen LogP contribution < -0.4 is 10.6 Å². The van der Waals surface area contributed by atoms with E-state index in [1.165, 1.54) is 6.92 Å². The fourth-order valence-electron chi connectivity index (χ4n) is 1.16. The van der Waals surface area contributed by atoms with Crippen LogP contribution in [-0.4, -0.2) is 24.4 Å². The number of carbonyl (C=O) groups is 2. The Morgan fingerprint density at radius 1 is 1.40 bits per heavy atom. The van der Waals surface area contributed by atoms with E-state index in [4.69, 9.17) is 0 Å². The molecule has 0 fully saturated rings. The lowest BCUT2D eigenvalue weighted by Crippen LogP contribution is -2.49. The third kappa shape index (κ3) is 5.88. The third-order valence-corrected chi connectivity index (χ3v) is 1.96. The van der Waals surface area contributed by atoms with Crippen molar-refractivity contribution >= 4 is 11.8 Å². The molecule has 0 saturated carbocycles. The van der Waals surface area contributed by atoms with Gasteiger partial charge in [0.2, 0.25) is 11.8 Å².